The molecule has 1 saturated carbocycles. The maximum absolute atomic E-state index is 17.1. The molecule has 5 saturated heterocycles. The number of rotatable bonds is 11. The van der Waals surface area contributed by atoms with Gasteiger partial charge in [0.15, 0.2) is 5.82 Å². The van der Waals surface area contributed by atoms with Crippen LogP contribution in [-0.4, -0.2) is 146 Å². The van der Waals surface area contributed by atoms with Crippen molar-refractivity contribution in [3.63, 3.8) is 0 Å². The van der Waals surface area contributed by atoms with Crippen LogP contribution in [0.15, 0.2) is 48.7 Å². The predicted molar refractivity (Wildman–Crippen MR) is 266 cm³/mol. The number of carbonyl (C=O) groups excluding carboxylic acids is 3. The maximum Gasteiger partial charge on any atom is 0.319 e. The van der Waals surface area contributed by atoms with E-state index in [0.717, 1.165) is 87.8 Å². The van der Waals surface area contributed by atoms with Crippen LogP contribution in [-0.2, 0) is 21.4 Å². The monoisotopic (exact) mass is 977 g/mol. The highest BCUT2D eigenvalue weighted by molar-refractivity contribution is 6.04. The van der Waals surface area contributed by atoms with Crippen LogP contribution in [0.2, 0.25) is 0 Å². The summed E-state index contributed by atoms with van der Waals surface area (Å²) in [4.78, 5) is 61.1. The molecule has 18 heteroatoms. The second-order valence-corrected chi connectivity index (χ2v) is 21.0. The van der Waals surface area contributed by atoms with Crippen LogP contribution < -0.4 is 20.3 Å². The van der Waals surface area contributed by atoms with Gasteiger partial charge in [0.2, 0.25) is 17.7 Å². The lowest BCUT2D eigenvalue weighted by molar-refractivity contribution is -0.135. The van der Waals surface area contributed by atoms with Crippen molar-refractivity contribution in [2.24, 2.45) is 12.5 Å². The number of hydrogen-bond donors (Lipinski definition) is 3. The second-order valence-electron chi connectivity index (χ2n) is 21.0. The molecule has 3 N–H and O–H groups in total. The molecule has 6 fully saturated rings. The molecule has 372 valence electrons. The quantitative estimate of drug-likeness (QED) is 0.112. The summed E-state index contributed by atoms with van der Waals surface area (Å²) in [5.41, 5.74) is 2.80. The molecular formula is C54H57F2N11O5. The number of carbonyl (C=O) groups is 3. The number of terminal acetylenes is 1. The Morgan fingerprint density at radius 3 is 2.44 bits per heavy atom. The Morgan fingerprint density at radius 2 is 1.71 bits per heavy atom. The molecule has 3 amide bonds. The summed E-state index contributed by atoms with van der Waals surface area (Å²) in [5, 5.41) is 23.6. The number of likely N-dealkylation sites (tertiary alicyclic amines) is 1. The van der Waals surface area contributed by atoms with Crippen LogP contribution in [0.5, 0.6) is 11.8 Å². The third kappa shape index (κ3) is 8.64. The number of pyridine rings is 1. The largest absolute Gasteiger partial charge is 0.508 e. The lowest BCUT2D eigenvalue weighted by atomic mass is 9.88. The van der Waals surface area contributed by atoms with Gasteiger partial charge in [0, 0.05) is 99.3 Å². The van der Waals surface area contributed by atoms with Crippen molar-refractivity contribution in [3.05, 3.63) is 77.1 Å². The predicted octanol–water partition coefficient (Wildman–Crippen LogP) is 5.34. The molecule has 2 bridgehead atoms. The summed E-state index contributed by atoms with van der Waals surface area (Å²) in [5.74, 6) is 0.974. The number of imide groups is 1. The summed E-state index contributed by atoms with van der Waals surface area (Å²) in [6.45, 7) is 7.41. The van der Waals surface area contributed by atoms with E-state index in [0.29, 0.717) is 74.7 Å². The molecule has 5 aliphatic heterocycles. The highest BCUT2D eigenvalue weighted by atomic mass is 19.1. The average molecular weight is 978 g/mol. The molecule has 1 aliphatic carbocycles. The molecule has 72 heavy (non-hydrogen) atoms. The number of ether oxygens (including phenoxy) is 1. The van der Waals surface area contributed by atoms with Crippen LogP contribution in [0.4, 0.5) is 14.6 Å². The first-order valence-electron chi connectivity index (χ1n) is 25.3. The first-order valence-corrected chi connectivity index (χ1v) is 25.3. The molecular weight excluding hydrogens is 921 g/mol. The number of phenols is 1. The van der Waals surface area contributed by atoms with Crippen molar-refractivity contribution in [1.82, 2.24) is 50.1 Å². The molecule has 16 nitrogen and oxygen atoms in total. The number of nitrogens with zero attached hydrogens (tertiary/aromatic N) is 9. The Balaban J connectivity index is 0.683. The fraction of sp³-hybridized carbons (Fsp3) is 0.463. The van der Waals surface area contributed by atoms with E-state index in [2.05, 4.69) is 59.4 Å². The average Bonchev–Trinajstić information content (AvgIpc) is 3.96. The summed E-state index contributed by atoms with van der Waals surface area (Å²) >= 11 is 0. The number of hydrogen-bond acceptors (Lipinski definition) is 13. The number of nitrogens with one attached hydrogen (secondary N) is 2. The second kappa shape index (κ2) is 18.3. The SMILES string of the molecule is C#Cc1c(F)ccc2cc(O)cc(-c3ncc4c(N5CC6CCC(C5)N6)nc(OCC5(CN6CCN(C(=O)CN7CCC(c8ccc9c(C%10CCC(=O)NC%10=O)nn(C)c9c8)CC7)CC6)CC5)nc4c3F)c12. The molecule has 8 heterocycles. The van der Waals surface area contributed by atoms with Gasteiger partial charge in [-0.2, -0.15) is 15.1 Å². The van der Waals surface area contributed by atoms with Gasteiger partial charge in [-0.15, -0.1) is 6.42 Å². The highest BCUT2D eigenvalue weighted by Gasteiger charge is 2.46. The number of amides is 3. The van der Waals surface area contributed by atoms with Gasteiger partial charge in [-0.05, 0) is 99.2 Å². The molecule has 3 atom stereocenters. The number of aromatic nitrogens is 5. The third-order valence-electron chi connectivity index (χ3n) is 16.3. The van der Waals surface area contributed by atoms with Crippen LogP contribution in [0, 0.1) is 29.4 Å². The van der Waals surface area contributed by atoms with E-state index < -0.39 is 17.6 Å². The van der Waals surface area contributed by atoms with Gasteiger partial charge in [-0.1, -0.05) is 24.1 Å². The summed E-state index contributed by atoms with van der Waals surface area (Å²) < 4.78 is 40.5. The zero-order valence-corrected chi connectivity index (χ0v) is 40.3. The van der Waals surface area contributed by atoms with E-state index in [4.69, 9.17) is 21.2 Å². The lowest BCUT2D eigenvalue weighted by Gasteiger charge is -2.38. The number of benzene rings is 3. The number of piperazine rings is 2. The van der Waals surface area contributed by atoms with Crippen LogP contribution in [0.1, 0.15) is 80.0 Å². The molecule has 3 aromatic carbocycles. The number of piperidine rings is 2. The standard InChI is InChI=1S/C54H57F2N11O5/c1-3-37-42(55)10-5-33-22-36(68)24-40(46(33)37)49-47(56)50-41(25-57-49)51(67-26-34-6-7-35(27-67)58-34)61-53(60-50)72-30-54(14-15-54)29-65-18-20-66(21-19-65)45(70)28-64-16-12-31(13-17-64)32-4-8-38-43(23-32)63(2)62-48(38)39-9-11-44(69)59-52(39)71/h1,4-5,8,10,22-25,31,34-35,39,58,68H,6-7,9,11-21,26-30H2,2H3,(H,59,69,71). The topological polar surface area (TPSA) is 174 Å². The van der Waals surface area contributed by atoms with E-state index in [1.54, 1.807) is 6.20 Å². The van der Waals surface area contributed by atoms with Crippen molar-refractivity contribution in [2.75, 3.05) is 77.0 Å². The Hall–Kier alpha value is -6.81. The Labute approximate surface area is 415 Å². The fourth-order valence-electron chi connectivity index (χ4n) is 12.1. The minimum atomic E-state index is -0.750. The first kappa shape index (κ1) is 46.3. The van der Waals surface area contributed by atoms with Gasteiger partial charge in [0.05, 0.1) is 41.2 Å². The zero-order valence-electron chi connectivity index (χ0n) is 40.3. The highest BCUT2D eigenvalue weighted by Crippen LogP contribution is 2.47. The van der Waals surface area contributed by atoms with Gasteiger partial charge in [-0.25, -0.2) is 8.78 Å². The Bertz CT molecular complexity index is 3220. The third-order valence-corrected chi connectivity index (χ3v) is 16.3. The van der Waals surface area contributed by atoms with Crippen LogP contribution >= 0.6 is 0 Å². The molecule has 0 radical (unpaired) electrons. The van der Waals surface area contributed by atoms with Crippen molar-refractivity contribution < 1.29 is 33.0 Å². The minimum Gasteiger partial charge on any atom is -0.508 e. The van der Waals surface area contributed by atoms with E-state index in [9.17, 15) is 19.5 Å². The van der Waals surface area contributed by atoms with E-state index in [1.165, 1.54) is 29.8 Å². The summed E-state index contributed by atoms with van der Waals surface area (Å²) in [7, 11) is 1.90. The van der Waals surface area contributed by atoms with Crippen molar-refractivity contribution in [1.29, 1.82) is 0 Å². The first-order chi connectivity index (χ1) is 34.9. The molecule has 3 unspecified atom stereocenters. The number of anilines is 1. The normalized spacial score (nSPS) is 22.7. The smallest absolute Gasteiger partial charge is 0.319 e. The van der Waals surface area contributed by atoms with E-state index >= 15 is 8.78 Å². The fourth-order valence-corrected chi connectivity index (χ4v) is 12.1. The Morgan fingerprint density at radius 1 is 0.931 bits per heavy atom. The van der Waals surface area contributed by atoms with Gasteiger partial charge >= 0.3 is 6.01 Å². The number of phenolic OH excluding ortho intramolecular Hbond substituents is 1. The molecule has 3 aromatic heterocycles. The van der Waals surface area contributed by atoms with Gasteiger partial charge in [0.25, 0.3) is 0 Å². The molecule has 6 aliphatic rings. The number of aromatic hydroxyl groups is 1. The van der Waals surface area contributed by atoms with Crippen molar-refractivity contribution in [3.8, 4) is 35.4 Å². The maximum atomic E-state index is 17.1. The number of fused-ring (bicyclic) bond motifs is 5. The van der Waals surface area contributed by atoms with Crippen LogP contribution in [0.3, 0.4) is 0 Å². The van der Waals surface area contributed by atoms with Crippen molar-refractivity contribution >= 4 is 56.1 Å². The van der Waals surface area contributed by atoms with E-state index in [-0.39, 0.29) is 74.7 Å². The lowest BCUT2D eigenvalue weighted by Crippen LogP contribution is -2.53. The zero-order chi connectivity index (χ0) is 49.4. The number of aryl methyl sites for hydroxylation is 1. The molecule has 0 spiro atoms. The van der Waals surface area contributed by atoms with Gasteiger partial charge < -0.3 is 25.0 Å². The summed E-state index contributed by atoms with van der Waals surface area (Å²) in [6.07, 6.45) is 14.0. The molecule has 12 rings (SSSR count). The number of halogens is 2. The molecule has 6 aromatic rings. The Kier molecular flexibility index (Phi) is 11.8. The van der Waals surface area contributed by atoms with Gasteiger partial charge in [0.1, 0.15) is 28.6 Å². The summed E-state index contributed by atoms with van der Waals surface area (Å²) in [6, 6.07) is 12.5. The van der Waals surface area contributed by atoms with Crippen LogP contribution in [0.25, 0.3) is 43.8 Å². The van der Waals surface area contributed by atoms with Crippen molar-refractivity contribution in [2.45, 2.75) is 75.3 Å². The van der Waals surface area contributed by atoms with Gasteiger partial charge in [-0.3, -0.25) is 39.2 Å². The minimum absolute atomic E-state index is 0.0159. The van der Waals surface area contributed by atoms with E-state index in [1.807, 2.05) is 16.6 Å².